The van der Waals surface area contributed by atoms with Gasteiger partial charge in [0, 0.05) is 18.5 Å². The third-order valence-corrected chi connectivity index (χ3v) is 3.84. The molecule has 1 amide bonds. The first-order valence-electron chi connectivity index (χ1n) is 7.97. The summed E-state index contributed by atoms with van der Waals surface area (Å²) in [7, 11) is 0. The summed E-state index contributed by atoms with van der Waals surface area (Å²) >= 11 is 0. The minimum Gasteiger partial charge on any atom is -0.347 e. The van der Waals surface area contributed by atoms with Crippen molar-refractivity contribution in [3.05, 3.63) is 58.5 Å². The molecule has 0 atom stereocenters. The molecule has 4 heteroatoms. The maximum absolute atomic E-state index is 12.9. The Bertz CT molecular complexity index is 788. The fraction of sp³-hybridized carbons (Fsp3) is 0.368. The quantitative estimate of drug-likeness (QED) is 0.832. The first kappa shape index (κ1) is 17.0. The van der Waals surface area contributed by atoms with E-state index in [4.69, 9.17) is 0 Å². The maximum Gasteiger partial charge on any atom is 0.268 e. The lowest BCUT2D eigenvalue weighted by Gasteiger charge is -2.15. The van der Waals surface area contributed by atoms with E-state index >= 15 is 0 Å². The molecule has 23 heavy (non-hydrogen) atoms. The number of aryl methyl sites for hydroxylation is 1. The van der Waals surface area contributed by atoms with Gasteiger partial charge < -0.3 is 9.88 Å². The Morgan fingerprint density at radius 2 is 2.09 bits per heavy atom. The number of carbonyl (C=O) groups is 1. The molecule has 1 N–H and O–H groups in total. The molecule has 0 saturated carbocycles. The molecule has 122 valence electrons. The number of pyridine rings is 1. The molecule has 1 aromatic heterocycles. The SMILES string of the molecule is C=CCNC(=O)c1cc2ccc(C)cc2c(=O)n1CCC(C)C. The average molecular weight is 312 g/mol. The van der Waals surface area contributed by atoms with Crippen LogP contribution in [-0.2, 0) is 6.54 Å². The molecule has 4 nitrogen and oxygen atoms in total. The number of hydrogen-bond donors (Lipinski definition) is 1. The number of carbonyl (C=O) groups excluding carboxylic acids is 1. The fourth-order valence-corrected chi connectivity index (χ4v) is 2.51. The summed E-state index contributed by atoms with van der Waals surface area (Å²) in [5.74, 6) is 0.215. The zero-order valence-corrected chi connectivity index (χ0v) is 14.1. The highest BCUT2D eigenvalue weighted by atomic mass is 16.2. The highest BCUT2D eigenvalue weighted by Gasteiger charge is 2.15. The monoisotopic (exact) mass is 312 g/mol. The molecule has 0 bridgehead atoms. The van der Waals surface area contributed by atoms with E-state index in [0.29, 0.717) is 30.1 Å². The Hall–Kier alpha value is -2.36. The zero-order valence-electron chi connectivity index (χ0n) is 14.1. The van der Waals surface area contributed by atoms with Gasteiger partial charge in [-0.05, 0) is 36.8 Å². The molecule has 0 fully saturated rings. The Kier molecular flexibility index (Phi) is 5.37. The van der Waals surface area contributed by atoms with Gasteiger partial charge in [0.05, 0.1) is 0 Å². The topological polar surface area (TPSA) is 51.1 Å². The largest absolute Gasteiger partial charge is 0.347 e. The molecule has 2 rings (SSSR count). The lowest BCUT2D eigenvalue weighted by Crippen LogP contribution is -2.33. The van der Waals surface area contributed by atoms with Crippen molar-refractivity contribution in [1.29, 1.82) is 0 Å². The molecular formula is C19H24N2O2. The summed E-state index contributed by atoms with van der Waals surface area (Å²) in [5, 5.41) is 4.22. The number of rotatable bonds is 6. The maximum atomic E-state index is 12.9. The molecular weight excluding hydrogens is 288 g/mol. The minimum absolute atomic E-state index is 0.101. The van der Waals surface area contributed by atoms with E-state index in [1.807, 2.05) is 25.1 Å². The van der Waals surface area contributed by atoms with Crippen LogP contribution in [0.1, 0.15) is 36.3 Å². The van der Waals surface area contributed by atoms with E-state index in [2.05, 4.69) is 25.7 Å². The smallest absolute Gasteiger partial charge is 0.268 e. The lowest BCUT2D eigenvalue weighted by atomic mass is 10.1. The van der Waals surface area contributed by atoms with Gasteiger partial charge in [-0.3, -0.25) is 9.59 Å². The van der Waals surface area contributed by atoms with Crippen LogP contribution in [0.5, 0.6) is 0 Å². The minimum atomic E-state index is -0.242. The molecule has 2 aromatic rings. The van der Waals surface area contributed by atoms with Crippen molar-refractivity contribution in [3.8, 4) is 0 Å². The van der Waals surface area contributed by atoms with Gasteiger partial charge in [-0.25, -0.2) is 0 Å². The van der Waals surface area contributed by atoms with Crippen LogP contribution >= 0.6 is 0 Å². The summed E-state index contributed by atoms with van der Waals surface area (Å²) in [5.41, 5.74) is 1.35. The first-order chi connectivity index (χ1) is 10.9. The normalized spacial score (nSPS) is 11.0. The van der Waals surface area contributed by atoms with Crippen molar-refractivity contribution in [2.24, 2.45) is 5.92 Å². The third-order valence-electron chi connectivity index (χ3n) is 3.84. The molecule has 0 unspecified atom stereocenters. The van der Waals surface area contributed by atoms with E-state index in [-0.39, 0.29) is 11.5 Å². The molecule has 0 aliphatic carbocycles. The van der Waals surface area contributed by atoms with Crippen molar-refractivity contribution in [2.45, 2.75) is 33.7 Å². The first-order valence-corrected chi connectivity index (χ1v) is 7.97. The third kappa shape index (κ3) is 3.89. The van der Waals surface area contributed by atoms with Gasteiger partial charge >= 0.3 is 0 Å². The summed E-state index contributed by atoms with van der Waals surface area (Å²) in [6, 6.07) is 7.53. The summed E-state index contributed by atoms with van der Waals surface area (Å²) < 4.78 is 1.60. The van der Waals surface area contributed by atoms with Gasteiger partial charge in [0.15, 0.2) is 0 Å². The van der Waals surface area contributed by atoms with E-state index in [1.54, 1.807) is 16.7 Å². The second kappa shape index (κ2) is 7.27. The predicted molar refractivity (Wildman–Crippen MR) is 94.9 cm³/mol. The zero-order chi connectivity index (χ0) is 17.0. The number of nitrogens with one attached hydrogen (secondary N) is 1. The van der Waals surface area contributed by atoms with E-state index in [1.165, 1.54) is 0 Å². The second-order valence-corrected chi connectivity index (χ2v) is 6.26. The van der Waals surface area contributed by atoms with Crippen LogP contribution in [-0.4, -0.2) is 17.0 Å². The Morgan fingerprint density at radius 3 is 2.74 bits per heavy atom. The Labute approximate surface area is 136 Å². The summed E-state index contributed by atoms with van der Waals surface area (Å²) in [4.78, 5) is 25.3. The van der Waals surface area contributed by atoms with Gasteiger partial charge in [0.1, 0.15) is 5.69 Å². The molecule has 1 aromatic carbocycles. The van der Waals surface area contributed by atoms with Crippen LogP contribution in [0.3, 0.4) is 0 Å². The van der Waals surface area contributed by atoms with Crippen molar-refractivity contribution in [2.75, 3.05) is 6.54 Å². The number of aromatic nitrogens is 1. The number of amides is 1. The summed E-state index contributed by atoms with van der Waals surface area (Å²) in [6.45, 7) is 10.7. The molecule has 0 spiro atoms. The van der Waals surface area contributed by atoms with Gasteiger partial charge in [-0.15, -0.1) is 6.58 Å². The van der Waals surface area contributed by atoms with Crippen molar-refractivity contribution < 1.29 is 4.79 Å². The van der Waals surface area contributed by atoms with E-state index < -0.39 is 0 Å². The molecule has 0 aliphatic rings. The van der Waals surface area contributed by atoms with Crippen LogP contribution in [0.2, 0.25) is 0 Å². The highest BCUT2D eigenvalue weighted by Crippen LogP contribution is 2.15. The van der Waals surface area contributed by atoms with Crippen LogP contribution in [0, 0.1) is 12.8 Å². The van der Waals surface area contributed by atoms with Crippen LogP contribution < -0.4 is 10.9 Å². The standard InChI is InChI=1S/C19H24N2O2/c1-5-9-20-18(22)17-12-15-7-6-14(4)11-16(15)19(23)21(17)10-8-13(2)3/h5-7,11-13H,1,8-10H2,2-4H3,(H,20,22). The van der Waals surface area contributed by atoms with Crippen LogP contribution in [0.15, 0.2) is 41.7 Å². The average Bonchev–Trinajstić information content (AvgIpc) is 2.51. The van der Waals surface area contributed by atoms with Gasteiger partial charge in [-0.2, -0.15) is 0 Å². The van der Waals surface area contributed by atoms with E-state index in [0.717, 1.165) is 17.4 Å². The van der Waals surface area contributed by atoms with Crippen molar-refractivity contribution >= 4 is 16.7 Å². The van der Waals surface area contributed by atoms with Crippen LogP contribution in [0.4, 0.5) is 0 Å². The lowest BCUT2D eigenvalue weighted by molar-refractivity contribution is 0.0947. The number of hydrogen-bond acceptors (Lipinski definition) is 2. The van der Waals surface area contributed by atoms with Crippen molar-refractivity contribution in [3.63, 3.8) is 0 Å². The van der Waals surface area contributed by atoms with Crippen LogP contribution in [0.25, 0.3) is 10.8 Å². The van der Waals surface area contributed by atoms with Gasteiger partial charge in [0.25, 0.3) is 11.5 Å². The molecule has 0 saturated heterocycles. The fourth-order valence-electron chi connectivity index (χ4n) is 2.51. The predicted octanol–water partition coefficient (Wildman–Crippen LogP) is 3.27. The molecule has 0 radical (unpaired) electrons. The van der Waals surface area contributed by atoms with Gasteiger partial charge in [0.2, 0.25) is 0 Å². The highest BCUT2D eigenvalue weighted by molar-refractivity contribution is 5.96. The molecule has 0 aliphatic heterocycles. The Morgan fingerprint density at radius 1 is 1.35 bits per heavy atom. The number of benzene rings is 1. The second-order valence-electron chi connectivity index (χ2n) is 6.26. The van der Waals surface area contributed by atoms with Gasteiger partial charge in [-0.1, -0.05) is 37.6 Å². The number of fused-ring (bicyclic) bond motifs is 1. The van der Waals surface area contributed by atoms with Crippen molar-refractivity contribution in [1.82, 2.24) is 9.88 Å². The molecule has 1 heterocycles. The van der Waals surface area contributed by atoms with E-state index in [9.17, 15) is 9.59 Å². The Balaban J connectivity index is 2.59. The number of nitrogens with zero attached hydrogens (tertiary/aromatic N) is 1. The summed E-state index contributed by atoms with van der Waals surface area (Å²) in [6.07, 6.45) is 2.47.